The minimum Gasteiger partial charge on any atom is -0.494 e. The quantitative estimate of drug-likeness (QED) is 0.0965. The molecule has 224 valence electrons. The molecule has 9 nitrogen and oxygen atoms in total. The molecule has 42 heavy (non-hydrogen) atoms. The van der Waals surface area contributed by atoms with Crippen LogP contribution in [0.1, 0.15) is 56.6 Å². The molecule has 3 aromatic carbocycles. The van der Waals surface area contributed by atoms with Crippen LogP contribution in [0.2, 0.25) is 0 Å². The Balaban J connectivity index is 1.23. The number of rotatable bonds is 18. The summed E-state index contributed by atoms with van der Waals surface area (Å²) in [5.41, 5.74) is 13.8. The standard InChI is InChI=1S/C33H43N5O4/c1-25(39)37-28-15-13-26(14-16-28)23-31(38-33(34)35)32(40)36-21-9-4-2-3-5-10-22-41-29-17-19-30(20-18-29)42-24-27-11-7-6-8-12-27/h6-8,11-20,31H,2-5,9-10,21-24H2,1H3,(H,36,40)(H,37,39)(H4,34,35,38). The van der Waals surface area contributed by atoms with Crippen molar-refractivity contribution >= 4 is 23.5 Å². The van der Waals surface area contributed by atoms with Gasteiger partial charge in [-0.05, 0) is 60.4 Å². The van der Waals surface area contributed by atoms with Crippen LogP contribution in [0.4, 0.5) is 5.69 Å². The Morgan fingerprint density at radius 3 is 2.02 bits per heavy atom. The van der Waals surface area contributed by atoms with E-state index < -0.39 is 6.04 Å². The van der Waals surface area contributed by atoms with Crippen LogP contribution in [0.25, 0.3) is 0 Å². The van der Waals surface area contributed by atoms with E-state index in [1.165, 1.54) is 6.92 Å². The molecule has 0 aliphatic carbocycles. The number of nitrogens with two attached hydrogens (primary N) is 2. The Bertz CT molecular complexity index is 1240. The molecule has 0 aliphatic heterocycles. The largest absolute Gasteiger partial charge is 0.494 e. The average Bonchev–Trinajstić information content (AvgIpc) is 2.98. The molecule has 3 aromatic rings. The third kappa shape index (κ3) is 12.8. The lowest BCUT2D eigenvalue weighted by Gasteiger charge is -2.14. The first-order valence-electron chi connectivity index (χ1n) is 14.5. The first kappa shape index (κ1) is 32.0. The van der Waals surface area contributed by atoms with E-state index in [0.717, 1.165) is 61.2 Å². The minimum atomic E-state index is -0.709. The van der Waals surface area contributed by atoms with E-state index in [1.807, 2.05) is 66.7 Å². The number of guanidine groups is 1. The molecule has 1 unspecified atom stereocenters. The number of aliphatic imine (C=N–C) groups is 1. The molecule has 9 heteroatoms. The molecule has 0 saturated heterocycles. The molecule has 0 heterocycles. The van der Waals surface area contributed by atoms with Crippen LogP contribution in [0, 0.1) is 0 Å². The zero-order chi connectivity index (χ0) is 30.0. The summed E-state index contributed by atoms with van der Waals surface area (Å²) >= 11 is 0. The molecule has 0 aliphatic rings. The molecule has 6 N–H and O–H groups in total. The number of carbonyl (C=O) groups excluding carboxylic acids is 2. The van der Waals surface area contributed by atoms with Gasteiger partial charge in [-0.15, -0.1) is 0 Å². The van der Waals surface area contributed by atoms with Gasteiger partial charge in [0.05, 0.1) is 6.61 Å². The van der Waals surface area contributed by atoms with Crippen LogP contribution in [0.3, 0.4) is 0 Å². The molecule has 1 atom stereocenters. The number of unbranched alkanes of at least 4 members (excludes halogenated alkanes) is 5. The van der Waals surface area contributed by atoms with Crippen molar-refractivity contribution in [2.24, 2.45) is 16.5 Å². The Kier molecular flexibility index (Phi) is 13.7. The molecular formula is C33H43N5O4. The zero-order valence-electron chi connectivity index (χ0n) is 24.4. The van der Waals surface area contributed by atoms with Gasteiger partial charge in [0.2, 0.25) is 11.8 Å². The van der Waals surface area contributed by atoms with Gasteiger partial charge >= 0.3 is 0 Å². The SMILES string of the molecule is CC(=O)Nc1ccc(CC(N=C(N)N)C(=O)NCCCCCCCCOc2ccc(OCc3ccccc3)cc2)cc1. The number of hydrogen-bond donors (Lipinski definition) is 4. The third-order valence-corrected chi connectivity index (χ3v) is 6.52. The first-order valence-corrected chi connectivity index (χ1v) is 14.5. The minimum absolute atomic E-state index is 0.126. The van der Waals surface area contributed by atoms with E-state index in [-0.39, 0.29) is 17.8 Å². The highest BCUT2D eigenvalue weighted by molar-refractivity contribution is 5.88. The van der Waals surface area contributed by atoms with Crippen LogP contribution < -0.4 is 31.6 Å². The predicted molar refractivity (Wildman–Crippen MR) is 167 cm³/mol. The highest BCUT2D eigenvalue weighted by atomic mass is 16.5. The van der Waals surface area contributed by atoms with E-state index in [4.69, 9.17) is 20.9 Å². The second-order valence-corrected chi connectivity index (χ2v) is 10.2. The fraction of sp³-hybridized carbons (Fsp3) is 0.364. The van der Waals surface area contributed by atoms with Crippen LogP contribution in [-0.4, -0.2) is 37.0 Å². The lowest BCUT2D eigenvalue weighted by molar-refractivity contribution is -0.122. The van der Waals surface area contributed by atoms with Gasteiger partial charge in [0, 0.05) is 25.6 Å². The topological polar surface area (TPSA) is 141 Å². The van der Waals surface area contributed by atoms with Gasteiger partial charge in [0.15, 0.2) is 5.96 Å². The maximum absolute atomic E-state index is 12.7. The van der Waals surface area contributed by atoms with Crippen molar-refractivity contribution in [3.05, 3.63) is 90.0 Å². The van der Waals surface area contributed by atoms with Gasteiger partial charge in [-0.1, -0.05) is 68.1 Å². The fourth-order valence-electron chi connectivity index (χ4n) is 4.35. The normalized spacial score (nSPS) is 11.3. The number of carbonyl (C=O) groups is 2. The van der Waals surface area contributed by atoms with Crippen LogP contribution in [0.5, 0.6) is 11.5 Å². The van der Waals surface area contributed by atoms with E-state index in [1.54, 1.807) is 12.1 Å². The Labute approximate surface area is 248 Å². The summed E-state index contributed by atoms with van der Waals surface area (Å²) in [4.78, 5) is 28.0. The van der Waals surface area contributed by atoms with Gasteiger partial charge in [-0.2, -0.15) is 0 Å². The molecule has 3 rings (SSSR count). The summed E-state index contributed by atoms with van der Waals surface area (Å²) in [5.74, 6) is 1.20. The van der Waals surface area contributed by atoms with Gasteiger partial charge in [0.25, 0.3) is 0 Å². The first-order chi connectivity index (χ1) is 20.4. The summed E-state index contributed by atoms with van der Waals surface area (Å²) < 4.78 is 11.7. The average molecular weight is 574 g/mol. The van der Waals surface area contributed by atoms with Gasteiger partial charge in [-0.25, -0.2) is 4.99 Å². The molecule has 0 bridgehead atoms. The predicted octanol–water partition coefficient (Wildman–Crippen LogP) is 4.94. The number of benzene rings is 3. The lowest BCUT2D eigenvalue weighted by atomic mass is 10.0. The van der Waals surface area contributed by atoms with Crippen LogP contribution in [0.15, 0.2) is 83.9 Å². The number of nitrogens with one attached hydrogen (secondary N) is 2. The Morgan fingerprint density at radius 1 is 0.762 bits per heavy atom. The van der Waals surface area contributed by atoms with Crippen molar-refractivity contribution < 1.29 is 19.1 Å². The summed E-state index contributed by atoms with van der Waals surface area (Å²) in [6.45, 7) is 3.26. The number of ether oxygens (including phenoxy) is 2. The smallest absolute Gasteiger partial charge is 0.245 e. The molecule has 2 amide bonds. The van der Waals surface area contributed by atoms with Crippen LogP contribution in [-0.2, 0) is 22.6 Å². The van der Waals surface area contributed by atoms with Crippen molar-refractivity contribution in [2.75, 3.05) is 18.5 Å². The second-order valence-electron chi connectivity index (χ2n) is 10.2. The fourth-order valence-corrected chi connectivity index (χ4v) is 4.35. The lowest BCUT2D eigenvalue weighted by Crippen LogP contribution is -2.38. The van der Waals surface area contributed by atoms with E-state index in [9.17, 15) is 9.59 Å². The summed E-state index contributed by atoms with van der Waals surface area (Å²) in [6, 6.07) is 24.4. The number of amides is 2. The summed E-state index contributed by atoms with van der Waals surface area (Å²) in [7, 11) is 0. The molecule has 0 fully saturated rings. The highest BCUT2D eigenvalue weighted by Crippen LogP contribution is 2.19. The van der Waals surface area contributed by atoms with Gasteiger partial charge in [0.1, 0.15) is 24.1 Å². The Hall–Kier alpha value is -4.53. The maximum Gasteiger partial charge on any atom is 0.245 e. The maximum atomic E-state index is 12.7. The summed E-state index contributed by atoms with van der Waals surface area (Å²) in [5, 5.41) is 5.67. The number of anilines is 1. The van der Waals surface area contributed by atoms with Crippen molar-refractivity contribution in [1.29, 1.82) is 0 Å². The van der Waals surface area contributed by atoms with E-state index >= 15 is 0 Å². The third-order valence-electron chi connectivity index (χ3n) is 6.52. The molecule has 0 aromatic heterocycles. The number of hydrogen-bond acceptors (Lipinski definition) is 5. The zero-order valence-corrected chi connectivity index (χ0v) is 24.4. The van der Waals surface area contributed by atoms with Gasteiger partial charge in [-0.3, -0.25) is 9.59 Å². The van der Waals surface area contributed by atoms with E-state index in [2.05, 4.69) is 15.6 Å². The number of nitrogens with zero attached hydrogens (tertiary/aromatic N) is 1. The van der Waals surface area contributed by atoms with Crippen molar-refractivity contribution in [1.82, 2.24) is 5.32 Å². The van der Waals surface area contributed by atoms with Gasteiger partial charge < -0.3 is 31.6 Å². The van der Waals surface area contributed by atoms with E-state index in [0.29, 0.717) is 31.9 Å². The summed E-state index contributed by atoms with van der Waals surface area (Å²) in [6.07, 6.45) is 6.59. The highest BCUT2D eigenvalue weighted by Gasteiger charge is 2.18. The van der Waals surface area contributed by atoms with Crippen molar-refractivity contribution in [2.45, 2.75) is 64.5 Å². The molecule has 0 saturated carbocycles. The Morgan fingerprint density at radius 2 is 1.38 bits per heavy atom. The molecule has 0 spiro atoms. The van der Waals surface area contributed by atoms with Crippen molar-refractivity contribution in [3.8, 4) is 11.5 Å². The van der Waals surface area contributed by atoms with Crippen LogP contribution >= 0.6 is 0 Å². The molecule has 0 radical (unpaired) electrons. The molecular weight excluding hydrogens is 530 g/mol. The van der Waals surface area contributed by atoms with Crippen molar-refractivity contribution in [3.63, 3.8) is 0 Å². The second kappa shape index (κ2) is 18.0. The monoisotopic (exact) mass is 573 g/mol.